The zero-order valence-electron chi connectivity index (χ0n) is 10.4. The van der Waals surface area contributed by atoms with E-state index in [1.807, 2.05) is 4.90 Å². The molecule has 0 aliphatic carbocycles. The van der Waals surface area contributed by atoms with Gasteiger partial charge in [-0.25, -0.2) is 4.79 Å². The first kappa shape index (κ1) is 12.6. The summed E-state index contributed by atoms with van der Waals surface area (Å²) >= 11 is 0. The largest absolute Gasteiger partial charge is 0.478 e. The molecule has 0 bridgehead atoms. The lowest BCUT2D eigenvalue weighted by Gasteiger charge is -2.15. The van der Waals surface area contributed by atoms with Crippen molar-refractivity contribution < 1.29 is 14.7 Å². The molecule has 1 fully saturated rings. The van der Waals surface area contributed by atoms with Gasteiger partial charge >= 0.3 is 5.97 Å². The normalized spacial score (nSPS) is 18.9. The van der Waals surface area contributed by atoms with Crippen LogP contribution in [0.1, 0.15) is 29.3 Å². The smallest absolute Gasteiger partial charge is 0.335 e. The van der Waals surface area contributed by atoms with Crippen molar-refractivity contribution in [3.05, 3.63) is 35.4 Å². The number of amides is 1. The molecule has 1 aliphatic rings. The van der Waals surface area contributed by atoms with Gasteiger partial charge in [0, 0.05) is 13.1 Å². The molecule has 1 saturated heterocycles. The maximum Gasteiger partial charge on any atom is 0.335 e. The third-order valence-corrected chi connectivity index (χ3v) is 3.31. The number of carboxylic acids is 1. The van der Waals surface area contributed by atoms with E-state index in [2.05, 4.69) is 6.92 Å². The molecule has 0 radical (unpaired) electrons. The van der Waals surface area contributed by atoms with Crippen LogP contribution in [0.15, 0.2) is 24.3 Å². The summed E-state index contributed by atoms with van der Waals surface area (Å²) in [6.07, 6.45) is 1.34. The van der Waals surface area contributed by atoms with E-state index < -0.39 is 5.97 Å². The van der Waals surface area contributed by atoms with Crippen LogP contribution in [0.3, 0.4) is 0 Å². The minimum Gasteiger partial charge on any atom is -0.478 e. The summed E-state index contributed by atoms with van der Waals surface area (Å²) in [5.74, 6) is -0.305. The number of rotatable bonds is 3. The molecule has 0 aromatic heterocycles. The number of aromatic carboxylic acids is 1. The monoisotopic (exact) mass is 247 g/mol. The third kappa shape index (κ3) is 2.88. The van der Waals surface area contributed by atoms with Gasteiger partial charge < -0.3 is 10.0 Å². The van der Waals surface area contributed by atoms with Crippen molar-refractivity contribution in [3.8, 4) is 0 Å². The van der Waals surface area contributed by atoms with Crippen LogP contribution in [0.25, 0.3) is 0 Å². The number of carbonyl (C=O) groups excluding carboxylic acids is 1. The van der Waals surface area contributed by atoms with E-state index in [1.54, 1.807) is 18.2 Å². The number of likely N-dealkylation sites (tertiary alicyclic amines) is 1. The zero-order valence-corrected chi connectivity index (χ0v) is 10.4. The average Bonchev–Trinajstić information content (AvgIpc) is 2.76. The Morgan fingerprint density at radius 3 is 2.83 bits per heavy atom. The lowest BCUT2D eigenvalue weighted by atomic mass is 10.1. The van der Waals surface area contributed by atoms with Crippen LogP contribution in [0, 0.1) is 5.92 Å². The number of hydrogen-bond donors (Lipinski definition) is 1. The fraction of sp³-hybridized carbons (Fsp3) is 0.429. The van der Waals surface area contributed by atoms with Gasteiger partial charge in [-0.2, -0.15) is 0 Å². The first-order valence-corrected chi connectivity index (χ1v) is 6.16. The van der Waals surface area contributed by atoms with Crippen LogP contribution < -0.4 is 0 Å². The highest BCUT2D eigenvalue weighted by atomic mass is 16.4. The van der Waals surface area contributed by atoms with Crippen molar-refractivity contribution in [3.63, 3.8) is 0 Å². The van der Waals surface area contributed by atoms with Gasteiger partial charge in [-0.05, 0) is 30.0 Å². The highest BCUT2D eigenvalue weighted by Crippen LogP contribution is 2.16. The van der Waals surface area contributed by atoms with E-state index in [0.717, 1.165) is 25.1 Å². The van der Waals surface area contributed by atoms with Gasteiger partial charge in [0.15, 0.2) is 0 Å². The second kappa shape index (κ2) is 5.21. The minimum atomic E-state index is -0.959. The fourth-order valence-corrected chi connectivity index (χ4v) is 2.26. The van der Waals surface area contributed by atoms with Gasteiger partial charge in [0.05, 0.1) is 12.0 Å². The molecule has 1 atom stereocenters. The van der Waals surface area contributed by atoms with Gasteiger partial charge in [0.25, 0.3) is 0 Å². The molecule has 1 aromatic rings. The maximum absolute atomic E-state index is 12.0. The van der Waals surface area contributed by atoms with Crippen molar-refractivity contribution in [2.75, 3.05) is 13.1 Å². The van der Waals surface area contributed by atoms with Gasteiger partial charge in [-0.1, -0.05) is 19.1 Å². The van der Waals surface area contributed by atoms with Crippen LogP contribution in [-0.4, -0.2) is 35.0 Å². The Morgan fingerprint density at radius 1 is 1.44 bits per heavy atom. The molecule has 96 valence electrons. The molecule has 0 spiro atoms. The van der Waals surface area contributed by atoms with E-state index in [4.69, 9.17) is 5.11 Å². The van der Waals surface area contributed by atoms with E-state index in [1.165, 1.54) is 6.07 Å². The Morgan fingerprint density at radius 2 is 2.22 bits per heavy atom. The lowest BCUT2D eigenvalue weighted by Crippen LogP contribution is -2.29. The first-order chi connectivity index (χ1) is 8.56. The summed E-state index contributed by atoms with van der Waals surface area (Å²) in [6, 6.07) is 6.58. The highest BCUT2D eigenvalue weighted by Gasteiger charge is 2.23. The van der Waals surface area contributed by atoms with Crippen LogP contribution in [0.2, 0.25) is 0 Å². The Bertz CT molecular complexity index is 470. The maximum atomic E-state index is 12.0. The van der Waals surface area contributed by atoms with Crippen LogP contribution in [-0.2, 0) is 11.2 Å². The van der Waals surface area contributed by atoms with Crippen LogP contribution in [0.4, 0.5) is 0 Å². The lowest BCUT2D eigenvalue weighted by molar-refractivity contribution is -0.129. The molecule has 1 amide bonds. The number of benzene rings is 1. The van der Waals surface area contributed by atoms with Crippen molar-refractivity contribution in [1.29, 1.82) is 0 Å². The summed E-state index contributed by atoms with van der Waals surface area (Å²) in [6.45, 7) is 3.77. The molecule has 4 nitrogen and oxygen atoms in total. The second-order valence-electron chi connectivity index (χ2n) is 4.92. The molecule has 1 aliphatic heterocycles. The molecule has 1 unspecified atom stereocenters. The SMILES string of the molecule is CC1CCN(C(=O)Cc2cccc(C(=O)O)c2)C1. The number of hydrogen-bond acceptors (Lipinski definition) is 2. The summed E-state index contributed by atoms with van der Waals surface area (Å²) in [5.41, 5.74) is 0.995. The van der Waals surface area contributed by atoms with Gasteiger partial charge in [-0.3, -0.25) is 4.79 Å². The Balaban J connectivity index is 2.03. The third-order valence-electron chi connectivity index (χ3n) is 3.31. The van der Waals surface area contributed by atoms with Crippen molar-refractivity contribution >= 4 is 11.9 Å². The van der Waals surface area contributed by atoms with Gasteiger partial charge in [-0.15, -0.1) is 0 Å². The Labute approximate surface area is 106 Å². The van der Waals surface area contributed by atoms with Crippen molar-refractivity contribution in [1.82, 2.24) is 4.90 Å². The van der Waals surface area contributed by atoms with Gasteiger partial charge in [0.1, 0.15) is 0 Å². The topological polar surface area (TPSA) is 57.6 Å². The zero-order chi connectivity index (χ0) is 13.1. The van der Waals surface area contributed by atoms with Crippen molar-refractivity contribution in [2.45, 2.75) is 19.8 Å². The highest BCUT2D eigenvalue weighted by molar-refractivity contribution is 5.88. The molecular weight excluding hydrogens is 230 g/mol. The minimum absolute atomic E-state index is 0.0851. The number of nitrogens with zero attached hydrogens (tertiary/aromatic N) is 1. The first-order valence-electron chi connectivity index (χ1n) is 6.16. The Hall–Kier alpha value is -1.84. The fourth-order valence-electron chi connectivity index (χ4n) is 2.26. The summed E-state index contributed by atoms with van der Waals surface area (Å²) in [7, 11) is 0. The summed E-state index contributed by atoms with van der Waals surface area (Å²) in [4.78, 5) is 24.7. The summed E-state index contributed by atoms with van der Waals surface area (Å²) < 4.78 is 0. The number of carboxylic acid groups (broad SMARTS) is 1. The van der Waals surface area contributed by atoms with Crippen LogP contribution >= 0.6 is 0 Å². The predicted molar refractivity (Wildman–Crippen MR) is 67.5 cm³/mol. The standard InChI is InChI=1S/C14H17NO3/c1-10-5-6-15(9-10)13(16)8-11-3-2-4-12(7-11)14(17)18/h2-4,7,10H,5-6,8-9H2,1H3,(H,17,18). The van der Waals surface area contributed by atoms with E-state index in [-0.39, 0.29) is 17.9 Å². The molecular formula is C14H17NO3. The van der Waals surface area contributed by atoms with Gasteiger partial charge in [0.2, 0.25) is 5.91 Å². The second-order valence-corrected chi connectivity index (χ2v) is 4.92. The van der Waals surface area contributed by atoms with E-state index >= 15 is 0 Å². The molecule has 18 heavy (non-hydrogen) atoms. The molecule has 4 heteroatoms. The summed E-state index contributed by atoms with van der Waals surface area (Å²) in [5, 5.41) is 8.89. The molecule has 1 heterocycles. The molecule has 1 N–H and O–H groups in total. The predicted octanol–water partition coefficient (Wildman–Crippen LogP) is 1.80. The molecule has 0 saturated carbocycles. The van der Waals surface area contributed by atoms with E-state index in [9.17, 15) is 9.59 Å². The average molecular weight is 247 g/mol. The molecule has 1 aromatic carbocycles. The molecule has 2 rings (SSSR count). The van der Waals surface area contributed by atoms with E-state index in [0.29, 0.717) is 5.92 Å². The van der Waals surface area contributed by atoms with Crippen LogP contribution in [0.5, 0.6) is 0 Å². The van der Waals surface area contributed by atoms with Crippen molar-refractivity contribution in [2.24, 2.45) is 5.92 Å². The quantitative estimate of drug-likeness (QED) is 0.886. The number of carbonyl (C=O) groups is 2. The Kier molecular flexibility index (Phi) is 3.65.